The van der Waals surface area contributed by atoms with Gasteiger partial charge in [0, 0.05) is 31.3 Å². The van der Waals surface area contributed by atoms with Crippen LogP contribution < -0.4 is 5.32 Å². The van der Waals surface area contributed by atoms with E-state index >= 15 is 0 Å². The highest BCUT2D eigenvalue weighted by molar-refractivity contribution is 7.90. The molecule has 17 heavy (non-hydrogen) atoms. The lowest BCUT2D eigenvalue weighted by atomic mass is 10.0. The molecule has 1 heterocycles. The third-order valence-corrected chi connectivity index (χ3v) is 3.80. The van der Waals surface area contributed by atoms with E-state index in [1.54, 1.807) is 6.07 Å². The van der Waals surface area contributed by atoms with E-state index in [9.17, 15) is 13.2 Å². The van der Waals surface area contributed by atoms with E-state index in [0.29, 0.717) is 5.56 Å². The lowest BCUT2D eigenvalue weighted by Crippen LogP contribution is -2.09. The minimum atomic E-state index is -3.07. The number of hydrogen-bond acceptors (Lipinski definition) is 4. The Morgan fingerprint density at radius 2 is 2.00 bits per heavy atom. The van der Waals surface area contributed by atoms with Gasteiger partial charge in [0.25, 0.3) is 0 Å². The van der Waals surface area contributed by atoms with Gasteiger partial charge < -0.3 is 5.32 Å². The van der Waals surface area contributed by atoms with Crippen LogP contribution in [0.25, 0.3) is 0 Å². The Labute approximate surface area is 101 Å². The van der Waals surface area contributed by atoms with Crippen LogP contribution in [-0.4, -0.2) is 26.2 Å². The predicted molar refractivity (Wildman–Crippen MR) is 65.6 cm³/mol. The molecule has 0 bridgehead atoms. The van der Waals surface area contributed by atoms with E-state index in [4.69, 9.17) is 0 Å². The zero-order chi connectivity index (χ0) is 12.5. The van der Waals surface area contributed by atoms with Crippen LogP contribution in [0.2, 0.25) is 0 Å². The van der Waals surface area contributed by atoms with E-state index in [1.807, 2.05) is 12.1 Å². The molecule has 1 aliphatic heterocycles. The SMILES string of the molecule is CS(=O)(=O)CCC(=O)c1ccc2c(c1)CNC2. The maximum Gasteiger partial charge on any atom is 0.163 e. The number of ketones is 1. The number of rotatable bonds is 4. The Balaban J connectivity index is 2.10. The van der Waals surface area contributed by atoms with Gasteiger partial charge in [-0.15, -0.1) is 0 Å². The quantitative estimate of drug-likeness (QED) is 0.810. The number of carbonyl (C=O) groups is 1. The fourth-order valence-corrected chi connectivity index (χ4v) is 2.45. The maximum atomic E-state index is 11.8. The second kappa shape index (κ2) is 4.58. The smallest absolute Gasteiger partial charge is 0.163 e. The second-order valence-corrected chi connectivity index (χ2v) is 6.65. The Bertz CT molecular complexity index is 549. The fourth-order valence-electron chi connectivity index (χ4n) is 1.89. The standard InChI is InChI=1S/C12H15NO3S/c1-17(15,16)5-4-12(14)9-2-3-10-7-13-8-11(10)6-9/h2-3,6,13H,4-5,7-8H2,1H3. The van der Waals surface area contributed by atoms with Gasteiger partial charge in [-0.25, -0.2) is 8.42 Å². The zero-order valence-corrected chi connectivity index (χ0v) is 10.5. The summed E-state index contributed by atoms with van der Waals surface area (Å²) in [5.74, 6) is -0.189. The first-order chi connectivity index (χ1) is 7.96. The van der Waals surface area contributed by atoms with E-state index < -0.39 is 9.84 Å². The van der Waals surface area contributed by atoms with Crippen LogP contribution in [0.4, 0.5) is 0 Å². The van der Waals surface area contributed by atoms with Crippen LogP contribution in [0.3, 0.4) is 0 Å². The molecule has 0 saturated heterocycles. The Morgan fingerprint density at radius 1 is 1.29 bits per heavy atom. The Morgan fingerprint density at radius 3 is 2.71 bits per heavy atom. The van der Waals surface area contributed by atoms with Crippen LogP contribution >= 0.6 is 0 Å². The summed E-state index contributed by atoms with van der Waals surface area (Å²) in [6.45, 7) is 1.62. The molecule has 0 saturated carbocycles. The predicted octanol–water partition coefficient (Wildman–Crippen LogP) is 0.907. The molecule has 1 N–H and O–H groups in total. The van der Waals surface area contributed by atoms with Crippen molar-refractivity contribution >= 4 is 15.6 Å². The van der Waals surface area contributed by atoms with Crippen LogP contribution in [0.1, 0.15) is 27.9 Å². The van der Waals surface area contributed by atoms with Crippen molar-refractivity contribution in [3.05, 3.63) is 34.9 Å². The molecule has 5 heteroatoms. The van der Waals surface area contributed by atoms with E-state index in [0.717, 1.165) is 24.9 Å². The molecule has 0 fully saturated rings. The first kappa shape index (κ1) is 12.3. The van der Waals surface area contributed by atoms with Crippen LogP contribution in [0.5, 0.6) is 0 Å². The van der Waals surface area contributed by atoms with Crippen LogP contribution in [-0.2, 0) is 22.9 Å². The van der Waals surface area contributed by atoms with Gasteiger partial charge in [-0.1, -0.05) is 12.1 Å². The first-order valence-corrected chi connectivity index (χ1v) is 7.55. The Kier molecular flexibility index (Phi) is 3.31. The molecule has 2 rings (SSSR count). The Hall–Kier alpha value is -1.20. The van der Waals surface area contributed by atoms with Gasteiger partial charge >= 0.3 is 0 Å². The molecule has 0 unspecified atom stereocenters. The average molecular weight is 253 g/mol. The summed E-state index contributed by atoms with van der Waals surface area (Å²) in [6.07, 6.45) is 1.21. The highest BCUT2D eigenvalue weighted by Gasteiger charge is 2.14. The number of nitrogens with one attached hydrogen (secondary N) is 1. The van der Waals surface area contributed by atoms with E-state index in [2.05, 4.69) is 5.32 Å². The van der Waals surface area contributed by atoms with Crippen molar-refractivity contribution in [1.29, 1.82) is 0 Å². The molecular formula is C12H15NO3S. The zero-order valence-electron chi connectivity index (χ0n) is 9.69. The largest absolute Gasteiger partial charge is 0.309 e. The van der Waals surface area contributed by atoms with Crippen molar-refractivity contribution in [2.45, 2.75) is 19.5 Å². The molecule has 1 aliphatic rings. The number of fused-ring (bicyclic) bond motifs is 1. The van der Waals surface area contributed by atoms with Gasteiger partial charge in [-0.2, -0.15) is 0 Å². The lowest BCUT2D eigenvalue weighted by molar-refractivity contribution is 0.0988. The molecular weight excluding hydrogens is 238 g/mol. The normalized spacial score (nSPS) is 14.6. The van der Waals surface area contributed by atoms with Gasteiger partial charge in [0.1, 0.15) is 9.84 Å². The molecule has 92 valence electrons. The minimum Gasteiger partial charge on any atom is -0.309 e. The number of carbonyl (C=O) groups excluding carboxylic acids is 1. The number of sulfone groups is 1. The van der Waals surface area contributed by atoms with Crippen molar-refractivity contribution in [2.24, 2.45) is 0 Å². The summed E-state index contributed by atoms with van der Waals surface area (Å²) < 4.78 is 22.0. The van der Waals surface area contributed by atoms with Crippen molar-refractivity contribution in [3.8, 4) is 0 Å². The summed E-state index contributed by atoms with van der Waals surface area (Å²) in [6, 6.07) is 5.57. The highest BCUT2D eigenvalue weighted by atomic mass is 32.2. The number of benzene rings is 1. The van der Waals surface area contributed by atoms with E-state index in [-0.39, 0.29) is 18.0 Å². The fraction of sp³-hybridized carbons (Fsp3) is 0.417. The average Bonchev–Trinajstić information content (AvgIpc) is 2.71. The molecule has 1 aromatic rings. The lowest BCUT2D eigenvalue weighted by Gasteiger charge is -2.03. The maximum absolute atomic E-state index is 11.8. The third-order valence-electron chi connectivity index (χ3n) is 2.86. The summed E-state index contributed by atoms with van der Waals surface area (Å²) >= 11 is 0. The summed E-state index contributed by atoms with van der Waals surface area (Å²) in [5.41, 5.74) is 2.95. The van der Waals surface area contributed by atoms with Crippen LogP contribution in [0, 0.1) is 0 Å². The molecule has 0 radical (unpaired) electrons. The summed E-state index contributed by atoms with van der Waals surface area (Å²) in [5, 5.41) is 3.20. The van der Waals surface area contributed by atoms with Gasteiger partial charge in [0.05, 0.1) is 5.75 Å². The van der Waals surface area contributed by atoms with Gasteiger partial charge in [0.15, 0.2) is 5.78 Å². The molecule has 0 spiro atoms. The molecule has 0 amide bonds. The monoisotopic (exact) mass is 253 g/mol. The summed E-state index contributed by atoms with van der Waals surface area (Å²) in [4.78, 5) is 11.8. The van der Waals surface area contributed by atoms with Crippen molar-refractivity contribution in [3.63, 3.8) is 0 Å². The first-order valence-electron chi connectivity index (χ1n) is 5.49. The number of hydrogen-bond donors (Lipinski definition) is 1. The highest BCUT2D eigenvalue weighted by Crippen LogP contribution is 2.18. The second-order valence-electron chi connectivity index (χ2n) is 4.39. The van der Waals surface area contributed by atoms with E-state index in [1.165, 1.54) is 5.56 Å². The van der Waals surface area contributed by atoms with Gasteiger partial charge in [-0.3, -0.25) is 4.79 Å². The molecule has 1 aromatic carbocycles. The molecule has 0 aromatic heterocycles. The summed E-state index contributed by atoms with van der Waals surface area (Å²) in [7, 11) is -3.07. The van der Waals surface area contributed by atoms with Gasteiger partial charge in [-0.05, 0) is 17.2 Å². The molecule has 0 aliphatic carbocycles. The molecule has 0 atom stereocenters. The van der Waals surface area contributed by atoms with Gasteiger partial charge in [0.2, 0.25) is 0 Å². The third kappa shape index (κ3) is 3.14. The van der Waals surface area contributed by atoms with Crippen LogP contribution in [0.15, 0.2) is 18.2 Å². The topological polar surface area (TPSA) is 63.2 Å². The molecule has 4 nitrogen and oxygen atoms in total. The van der Waals surface area contributed by atoms with Crippen molar-refractivity contribution in [1.82, 2.24) is 5.32 Å². The minimum absolute atomic E-state index is 0.0606. The number of Topliss-reactive ketones (excluding diaryl/α,β-unsaturated/α-hetero) is 1. The van der Waals surface area contributed by atoms with Crippen molar-refractivity contribution in [2.75, 3.05) is 12.0 Å². The van der Waals surface area contributed by atoms with Crippen molar-refractivity contribution < 1.29 is 13.2 Å².